The molecule has 2 heteroatoms. The second-order valence-corrected chi connectivity index (χ2v) is 3.54. The van der Waals surface area contributed by atoms with E-state index in [9.17, 15) is 0 Å². The van der Waals surface area contributed by atoms with Crippen molar-refractivity contribution in [2.24, 2.45) is 5.92 Å². The molecule has 2 nitrogen and oxygen atoms in total. The maximum Gasteiger partial charge on any atom is 0.0682 e. The van der Waals surface area contributed by atoms with Crippen LogP contribution in [0, 0.1) is 5.92 Å². The summed E-state index contributed by atoms with van der Waals surface area (Å²) >= 11 is 0. The monoisotopic (exact) mass is 171 g/mol. The second-order valence-electron chi connectivity index (χ2n) is 3.54. The largest absolute Gasteiger partial charge is 0.299 e. The fourth-order valence-electron chi connectivity index (χ4n) is 1.65. The van der Waals surface area contributed by atoms with Crippen LogP contribution in [0.25, 0.3) is 0 Å². The normalized spacial score (nSPS) is 28.0. The molecule has 0 heterocycles. The predicted octanol–water partition coefficient (Wildman–Crippen LogP) is 2.45. The molecule has 1 rings (SSSR count). The highest BCUT2D eigenvalue weighted by molar-refractivity contribution is 4.91. The van der Waals surface area contributed by atoms with Crippen molar-refractivity contribution in [3.05, 3.63) is 0 Å². The fourth-order valence-corrected chi connectivity index (χ4v) is 1.65. The summed E-state index contributed by atoms with van der Waals surface area (Å²) in [5.41, 5.74) is 0. The van der Waals surface area contributed by atoms with Gasteiger partial charge in [-0.2, -0.15) is 5.06 Å². The van der Waals surface area contributed by atoms with E-state index >= 15 is 0 Å². The molecule has 2 unspecified atom stereocenters. The molecule has 12 heavy (non-hydrogen) atoms. The third-order valence-electron chi connectivity index (χ3n) is 2.55. The molecule has 1 aliphatic carbocycles. The van der Waals surface area contributed by atoms with Crippen LogP contribution in [-0.2, 0) is 4.84 Å². The molecule has 2 atom stereocenters. The number of hydrogen-bond acceptors (Lipinski definition) is 2. The van der Waals surface area contributed by atoms with Gasteiger partial charge in [0.1, 0.15) is 0 Å². The molecular weight excluding hydrogens is 150 g/mol. The van der Waals surface area contributed by atoms with Gasteiger partial charge in [0.25, 0.3) is 0 Å². The topological polar surface area (TPSA) is 12.5 Å². The van der Waals surface area contributed by atoms with Gasteiger partial charge < -0.3 is 0 Å². The van der Waals surface area contributed by atoms with Crippen LogP contribution in [0.5, 0.6) is 0 Å². The Labute approximate surface area is 75.8 Å². The minimum Gasteiger partial charge on any atom is -0.299 e. The van der Waals surface area contributed by atoms with Crippen molar-refractivity contribution in [3.8, 4) is 0 Å². The van der Waals surface area contributed by atoms with Crippen LogP contribution in [0.1, 0.15) is 40.0 Å². The summed E-state index contributed by atoms with van der Waals surface area (Å²) in [6.07, 6.45) is 3.75. The van der Waals surface area contributed by atoms with Crippen LogP contribution >= 0.6 is 0 Å². The van der Waals surface area contributed by atoms with Crippen LogP contribution in [0.3, 0.4) is 0 Å². The van der Waals surface area contributed by atoms with Gasteiger partial charge in [-0.05, 0) is 18.8 Å². The van der Waals surface area contributed by atoms with Gasteiger partial charge in [0.2, 0.25) is 0 Å². The lowest BCUT2D eigenvalue weighted by Gasteiger charge is -2.19. The van der Waals surface area contributed by atoms with E-state index in [4.69, 9.17) is 4.84 Å². The van der Waals surface area contributed by atoms with E-state index in [1.54, 1.807) is 0 Å². The van der Waals surface area contributed by atoms with Gasteiger partial charge in [-0.3, -0.25) is 4.84 Å². The molecule has 0 radical (unpaired) electrons. The van der Waals surface area contributed by atoms with E-state index < -0.39 is 0 Å². The first-order chi connectivity index (χ1) is 5.83. The second kappa shape index (κ2) is 4.83. The molecule has 0 aromatic carbocycles. The first kappa shape index (κ1) is 10.0. The molecule has 0 aliphatic heterocycles. The summed E-state index contributed by atoms with van der Waals surface area (Å²) in [5, 5.41) is 2.16. The van der Waals surface area contributed by atoms with E-state index in [-0.39, 0.29) is 0 Å². The van der Waals surface area contributed by atoms with E-state index in [0.717, 1.165) is 31.5 Å². The highest BCUT2D eigenvalue weighted by Gasteiger charge is 2.40. The Hall–Kier alpha value is -0.0800. The fraction of sp³-hybridized carbons (Fsp3) is 1.00. The third kappa shape index (κ3) is 2.46. The molecule has 0 aromatic rings. The summed E-state index contributed by atoms with van der Waals surface area (Å²) in [7, 11) is 0. The summed E-state index contributed by atoms with van der Waals surface area (Å²) in [4.78, 5) is 5.63. The van der Waals surface area contributed by atoms with Crippen LogP contribution in [-0.4, -0.2) is 24.3 Å². The molecule has 0 spiro atoms. The summed E-state index contributed by atoms with van der Waals surface area (Å²) < 4.78 is 0. The minimum atomic E-state index is 0.728. The highest BCUT2D eigenvalue weighted by atomic mass is 16.7. The number of hydroxylamine groups is 2. The van der Waals surface area contributed by atoms with Crippen LogP contribution in [0.2, 0.25) is 0 Å². The summed E-state index contributed by atoms with van der Waals surface area (Å²) in [5.74, 6) is 0.904. The Morgan fingerprint density at radius 1 is 1.33 bits per heavy atom. The Balaban J connectivity index is 2.18. The zero-order valence-electron chi connectivity index (χ0n) is 8.55. The predicted molar refractivity (Wildman–Crippen MR) is 50.8 cm³/mol. The van der Waals surface area contributed by atoms with Gasteiger partial charge in [-0.25, -0.2) is 0 Å². The Morgan fingerprint density at radius 2 is 2.08 bits per heavy atom. The van der Waals surface area contributed by atoms with Gasteiger partial charge >= 0.3 is 0 Å². The maximum atomic E-state index is 5.63. The molecule has 0 bridgehead atoms. The van der Waals surface area contributed by atoms with Crippen LogP contribution in [0.15, 0.2) is 0 Å². The lowest BCUT2D eigenvalue weighted by molar-refractivity contribution is -0.165. The van der Waals surface area contributed by atoms with Crippen molar-refractivity contribution in [1.29, 1.82) is 0 Å². The lowest BCUT2D eigenvalue weighted by Crippen LogP contribution is -2.27. The van der Waals surface area contributed by atoms with Gasteiger partial charge in [-0.15, -0.1) is 0 Å². The van der Waals surface area contributed by atoms with Gasteiger partial charge in [-0.1, -0.05) is 27.2 Å². The minimum absolute atomic E-state index is 0.728. The van der Waals surface area contributed by atoms with Gasteiger partial charge in [0, 0.05) is 12.6 Å². The average Bonchev–Trinajstić information content (AvgIpc) is 2.85. The molecule has 0 saturated heterocycles. The van der Waals surface area contributed by atoms with Crippen LogP contribution in [0.4, 0.5) is 0 Å². The standard InChI is InChI=1S/C10H21NO/c1-4-7-12-11(6-3)10-8-9(10)5-2/h9-10H,4-8H2,1-3H3. The summed E-state index contributed by atoms with van der Waals surface area (Å²) in [6.45, 7) is 8.49. The van der Waals surface area contributed by atoms with E-state index in [1.807, 2.05) is 0 Å². The number of nitrogens with zero attached hydrogens (tertiary/aromatic N) is 1. The Bertz CT molecular complexity index is 127. The van der Waals surface area contributed by atoms with Crippen LogP contribution < -0.4 is 0 Å². The lowest BCUT2D eigenvalue weighted by atomic mass is 10.3. The smallest absolute Gasteiger partial charge is 0.0682 e. The highest BCUT2D eigenvalue weighted by Crippen LogP contribution is 2.38. The number of hydrogen-bond donors (Lipinski definition) is 0. The maximum absolute atomic E-state index is 5.63. The van der Waals surface area contributed by atoms with Gasteiger partial charge in [0.15, 0.2) is 0 Å². The molecular formula is C10H21NO. The first-order valence-electron chi connectivity index (χ1n) is 5.23. The molecule has 0 amide bonds. The van der Waals surface area contributed by atoms with Crippen molar-refractivity contribution < 1.29 is 4.84 Å². The Morgan fingerprint density at radius 3 is 2.50 bits per heavy atom. The molecule has 1 fully saturated rings. The molecule has 1 saturated carbocycles. The molecule has 0 N–H and O–H groups in total. The average molecular weight is 171 g/mol. The van der Waals surface area contributed by atoms with Crippen molar-refractivity contribution in [2.75, 3.05) is 13.2 Å². The first-order valence-corrected chi connectivity index (χ1v) is 5.23. The third-order valence-corrected chi connectivity index (χ3v) is 2.55. The quantitative estimate of drug-likeness (QED) is 0.569. The van der Waals surface area contributed by atoms with Crippen molar-refractivity contribution in [3.63, 3.8) is 0 Å². The molecule has 72 valence electrons. The van der Waals surface area contributed by atoms with Gasteiger partial charge in [0.05, 0.1) is 6.61 Å². The van der Waals surface area contributed by atoms with Crippen molar-refractivity contribution in [2.45, 2.75) is 46.1 Å². The van der Waals surface area contributed by atoms with E-state index in [0.29, 0.717) is 0 Å². The van der Waals surface area contributed by atoms with Crippen molar-refractivity contribution >= 4 is 0 Å². The van der Waals surface area contributed by atoms with Crippen molar-refractivity contribution in [1.82, 2.24) is 5.06 Å². The van der Waals surface area contributed by atoms with E-state index in [1.165, 1.54) is 12.8 Å². The Kier molecular flexibility index (Phi) is 4.02. The van der Waals surface area contributed by atoms with E-state index in [2.05, 4.69) is 25.8 Å². The SMILES string of the molecule is CCCON(CC)C1CC1CC. The summed E-state index contributed by atoms with van der Waals surface area (Å²) in [6, 6.07) is 0.728. The zero-order chi connectivity index (χ0) is 8.97. The molecule has 1 aliphatic rings. The number of rotatable bonds is 6. The zero-order valence-corrected chi connectivity index (χ0v) is 8.55. The molecule has 0 aromatic heterocycles.